The van der Waals surface area contributed by atoms with Crippen molar-refractivity contribution in [3.63, 3.8) is 0 Å². The van der Waals surface area contributed by atoms with E-state index in [-0.39, 0.29) is 16.3 Å². The first-order chi connectivity index (χ1) is 9.09. The number of pyridine rings is 1. The summed E-state index contributed by atoms with van der Waals surface area (Å²) in [5.74, 6) is -0.206. The van der Waals surface area contributed by atoms with Crippen molar-refractivity contribution < 1.29 is 9.72 Å². The molecule has 1 heterocycles. The second-order valence-corrected chi connectivity index (χ2v) is 3.94. The maximum absolute atomic E-state index is 12.0. The maximum Gasteiger partial charge on any atom is 0.288 e. The van der Waals surface area contributed by atoms with Crippen molar-refractivity contribution in [2.45, 2.75) is 0 Å². The highest BCUT2D eigenvalue weighted by Crippen LogP contribution is 2.28. The van der Waals surface area contributed by atoms with Gasteiger partial charge in [-0.15, -0.1) is 0 Å². The van der Waals surface area contributed by atoms with Crippen LogP contribution in [0.5, 0.6) is 0 Å². The van der Waals surface area contributed by atoms with Crippen molar-refractivity contribution in [1.29, 1.82) is 0 Å². The van der Waals surface area contributed by atoms with Gasteiger partial charge in [0.25, 0.3) is 11.6 Å². The molecule has 0 aliphatic rings. The van der Waals surface area contributed by atoms with E-state index in [0.717, 1.165) is 0 Å². The number of hydrogen-bond donors (Lipinski definition) is 1. The van der Waals surface area contributed by atoms with Gasteiger partial charge in [-0.1, -0.05) is 23.7 Å². The fraction of sp³-hybridized carbons (Fsp3) is 0. The Morgan fingerprint density at radius 1 is 1.26 bits per heavy atom. The van der Waals surface area contributed by atoms with E-state index in [1.54, 1.807) is 18.2 Å². The minimum atomic E-state index is -0.639. The first-order valence-corrected chi connectivity index (χ1v) is 5.62. The van der Waals surface area contributed by atoms with Gasteiger partial charge in [0.05, 0.1) is 10.5 Å². The molecule has 0 bridgehead atoms. The molecule has 0 aliphatic carbocycles. The lowest BCUT2D eigenvalue weighted by Gasteiger charge is -2.05. The molecule has 0 saturated heterocycles. The van der Waals surface area contributed by atoms with Crippen LogP contribution in [0.3, 0.4) is 0 Å². The first-order valence-electron chi connectivity index (χ1n) is 5.25. The van der Waals surface area contributed by atoms with E-state index in [4.69, 9.17) is 11.6 Å². The van der Waals surface area contributed by atoms with Crippen LogP contribution in [-0.2, 0) is 0 Å². The van der Waals surface area contributed by atoms with Crippen molar-refractivity contribution >= 4 is 29.0 Å². The molecule has 1 aromatic heterocycles. The van der Waals surface area contributed by atoms with Gasteiger partial charge in [-0.05, 0) is 18.2 Å². The van der Waals surface area contributed by atoms with Crippen LogP contribution in [0.25, 0.3) is 0 Å². The number of anilines is 1. The van der Waals surface area contributed by atoms with Gasteiger partial charge in [0.2, 0.25) is 0 Å². The molecule has 0 saturated carbocycles. The number of rotatable bonds is 3. The topological polar surface area (TPSA) is 85.1 Å². The molecule has 0 aliphatic heterocycles. The van der Waals surface area contributed by atoms with E-state index in [9.17, 15) is 14.9 Å². The lowest BCUT2D eigenvalue weighted by molar-refractivity contribution is -0.384. The fourth-order valence-electron chi connectivity index (χ4n) is 1.46. The number of nitro benzene ring substituents is 1. The Hall–Kier alpha value is -2.47. The van der Waals surface area contributed by atoms with Gasteiger partial charge in [-0.3, -0.25) is 14.9 Å². The first kappa shape index (κ1) is 13.0. The van der Waals surface area contributed by atoms with Crippen LogP contribution in [0.1, 0.15) is 10.4 Å². The minimum absolute atomic E-state index is 0.0292. The Balaban J connectivity index is 2.30. The normalized spacial score (nSPS) is 9.95. The Morgan fingerprint density at radius 3 is 2.68 bits per heavy atom. The van der Waals surface area contributed by atoms with Crippen LogP contribution in [-0.4, -0.2) is 15.8 Å². The quantitative estimate of drug-likeness (QED) is 0.690. The van der Waals surface area contributed by atoms with Crippen LogP contribution in [0.4, 0.5) is 11.5 Å². The maximum atomic E-state index is 12.0. The second-order valence-electron chi connectivity index (χ2n) is 3.56. The molecule has 2 rings (SSSR count). The van der Waals surface area contributed by atoms with Crippen LogP contribution < -0.4 is 5.32 Å². The van der Waals surface area contributed by atoms with Gasteiger partial charge in [0.15, 0.2) is 0 Å². The fourth-order valence-corrected chi connectivity index (χ4v) is 1.74. The third-order valence-corrected chi connectivity index (χ3v) is 2.72. The molecule has 1 N–H and O–H groups in total. The van der Waals surface area contributed by atoms with Crippen molar-refractivity contribution in [1.82, 2.24) is 4.98 Å². The van der Waals surface area contributed by atoms with Gasteiger partial charge in [-0.25, -0.2) is 4.98 Å². The van der Waals surface area contributed by atoms with Crippen LogP contribution in [0.15, 0.2) is 42.6 Å². The molecule has 0 atom stereocenters. The summed E-state index contributed by atoms with van der Waals surface area (Å²) in [7, 11) is 0. The molecule has 0 fully saturated rings. The number of hydrogen-bond acceptors (Lipinski definition) is 4. The summed E-state index contributed by atoms with van der Waals surface area (Å²) in [6.07, 6.45) is 1.52. The number of benzene rings is 1. The zero-order valence-corrected chi connectivity index (χ0v) is 10.3. The van der Waals surface area contributed by atoms with Crippen molar-refractivity contribution in [3.05, 3.63) is 63.3 Å². The van der Waals surface area contributed by atoms with Gasteiger partial charge in [0.1, 0.15) is 10.8 Å². The molecule has 0 unspecified atom stereocenters. The Bertz CT molecular complexity index is 631. The number of nitro groups is 1. The molecule has 1 amide bonds. The molecule has 2 aromatic rings. The van der Waals surface area contributed by atoms with Gasteiger partial charge in [-0.2, -0.15) is 0 Å². The smallest absolute Gasteiger partial charge is 0.288 e. The highest BCUT2D eigenvalue weighted by atomic mass is 35.5. The predicted molar refractivity (Wildman–Crippen MR) is 70.3 cm³/mol. The van der Waals surface area contributed by atoms with E-state index >= 15 is 0 Å². The Kier molecular flexibility index (Phi) is 3.72. The average molecular weight is 278 g/mol. The van der Waals surface area contributed by atoms with E-state index in [0.29, 0.717) is 5.82 Å². The summed E-state index contributed by atoms with van der Waals surface area (Å²) in [5.41, 5.74) is -0.281. The van der Waals surface area contributed by atoms with Gasteiger partial charge >= 0.3 is 0 Å². The number of carbonyl (C=O) groups is 1. The van der Waals surface area contributed by atoms with Gasteiger partial charge < -0.3 is 5.32 Å². The van der Waals surface area contributed by atoms with E-state index < -0.39 is 10.8 Å². The summed E-state index contributed by atoms with van der Waals surface area (Å²) in [5, 5.41) is 13.0. The van der Waals surface area contributed by atoms with E-state index in [1.165, 1.54) is 24.4 Å². The molecule has 1 aromatic carbocycles. The molecule has 96 valence electrons. The summed E-state index contributed by atoms with van der Waals surface area (Å²) in [6.45, 7) is 0. The van der Waals surface area contributed by atoms with Crippen LogP contribution in [0.2, 0.25) is 5.02 Å². The van der Waals surface area contributed by atoms with Gasteiger partial charge in [0, 0.05) is 12.3 Å². The van der Waals surface area contributed by atoms with Crippen molar-refractivity contribution in [2.75, 3.05) is 5.32 Å². The lowest BCUT2D eigenvalue weighted by Crippen LogP contribution is -2.13. The predicted octanol–water partition coefficient (Wildman–Crippen LogP) is 2.90. The number of nitrogens with one attached hydrogen (secondary N) is 1. The van der Waals surface area contributed by atoms with Crippen LogP contribution >= 0.6 is 11.6 Å². The third kappa shape index (κ3) is 2.86. The number of amides is 1. The third-order valence-electron chi connectivity index (χ3n) is 2.33. The zero-order chi connectivity index (χ0) is 13.8. The molecular weight excluding hydrogens is 270 g/mol. The summed E-state index contributed by atoms with van der Waals surface area (Å²) in [4.78, 5) is 26.0. The Morgan fingerprint density at radius 2 is 2.05 bits per heavy atom. The molecule has 0 radical (unpaired) electrons. The molecular formula is C12H8ClN3O3. The van der Waals surface area contributed by atoms with E-state index in [2.05, 4.69) is 10.3 Å². The highest BCUT2D eigenvalue weighted by molar-refractivity contribution is 6.36. The standard InChI is InChI=1S/C12H8ClN3O3/c13-11-8(4-3-5-9(11)16(18)19)12(17)15-10-6-1-2-7-14-10/h1-7H,(H,14,15,17). The van der Waals surface area contributed by atoms with Crippen molar-refractivity contribution in [2.24, 2.45) is 0 Å². The summed E-state index contributed by atoms with van der Waals surface area (Å²) < 4.78 is 0. The SMILES string of the molecule is O=C(Nc1ccccn1)c1cccc([N+](=O)[O-])c1Cl. The summed E-state index contributed by atoms with van der Waals surface area (Å²) in [6, 6.07) is 9.06. The van der Waals surface area contributed by atoms with Crippen molar-refractivity contribution in [3.8, 4) is 0 Å². The largest absolute Gasteiger partial charge is 0.307 e. The zero-order valence-electron chi connectivity index (χ0n) is 9.54. The molecule has 19 heavy (non-hydrogen) atoms. The minimum Gasteiger partial charge on any atom is -0.307 e. The monoisotopic (exact) mass is 277 g/mol. The summed E-state index contributed by atoms with van der Waals surface area (Å²) >= 11 is 5.84. The Labute approximate surface area is 113 Å². The molecule has 0 spiro atoms. The highest BCUT2D eigenvalue weighted by Gasteiger charge is 2.19. The lowest BCUT2D eigenvalue weighted by atomic mass is 10.2. The van der Waals surface area contributed by atoms with Crippen LogP contribution in [0, 0.1) is 10.1 Å². The molecule has 6 nitrogen and oxygen atoms in total. The number of aromatic nitrogens is 1. The van der Waals surface area contributed by atoms with E-state index in [1.807, 2.05) is 0 Å². The second kappa shape index (κ2) is 5.45. The number of halogens is 1. The number of carbonyl (C=O) groups excluding carboxylic acids is 1. The average Bonchev–Trinajstić information content (AvgIpc) is 2.39. The molecule has 7 heteroatoms. The number of nitrogens with zero attached hydrogens (tertiary/aromatic N) is 2.